The Morgan fingerprint density at radius 1 is 1.37 bits per heavy atom. The number of piperazine rings is 1. The van der Waals surface area contributed by atoms with Crippen LogP contribution in [0.5, 0.6) is 0 Å². The topological polar surface area (TPSA) is 90.5 Å². The number of hydrogen-bond donors (Lipinski definition) is 3. The van der Waals surface area contributed by atoms with Crippen molar-refractivity contribution in [1.82, 2.24) is 20.9 Å². The normalized spacial score (nSPS) is 15.7. The maximum absolute atomic E-state index is 11.5. The van der Waals surface area contributed by atoms with E-state index in [1.165, 1.54) is 11.8 Å². The van der Waals surface area contributed by atoms with Gasteiger partial charge in [-0.25, -0.2) is 0 Å². The van der Waals surface area contributed by atoms with E-state index in [1.807, 2.05) is 4.90 Å². The molecule has 1 aliphatic heterocycles. The highest BCUT2D eigenvalue weighted by atomic mass is 32.2. The van der Waals surface area contributed by atoms with E-state index in [-0.39, 0.29) is 29.2 Å². The lowest BCUT2D eigenvalue weighted by molar-refractivity contribution is -0.124. The van der Waals surface area contributed by atoms with Crippen LogP contribution in [0, 0.1) is 0 Å². The van der Waals surface area contributed by atoms with Crippen LogP contribution in [0.2, 0.25) is 0 Å². The summed E-state index contributed by atoms with van der Waals surface area (Å²) >= 11 is 1.28. The fourth-order valence-electron chi connectivity index (χ4n) is 1.60. The van der Waals surface area contributed by atoms with Crippen molar-refractivity contribution in [2.45, 2.75) is 0 Å². The van der Waals surface area contributed by atoms with Gasteiger partial charge >= 0.3 is 0 Å². The molecule has 0 spiro atoms. The van der Waals surface area contributed by atoms with Crippen molar-refractivity contribution < 1.29 is 14.4 Å². The van der Waals surface area contributed by atoms with Gasteiger partial charge in [0.1, 0.15) is 0 Å². The van der Waals surface area contributed by atoms with E-state index >= 15 is 0 Å². The van der Waals surface area contributed by atoms with Crippen LogP contribution in [-0.4, -0.2) is 73.9 Å². The monoisotopic (exact) mass is 288 g/mol. The fourth-order valence-corrected chi connectivity index (χ4v) is 2.31. The van der Waals surface area contributed by atoms with Crippen molar-refractivity contribution in [2.24, 2.45) is 0 Å². The first kappa shape index (κ1) is 15.8. The number of hydrogen-bond acceptors (Lipinski definition) is 5. The van der Waals surface area contributed by atoms with E-state index in [0.717, 1.165) is 6.54 Å². The Bertz CT molecular complexity index is 338. The van der Waals surface area contributed by atoms with Crippen molar-refractivity contribution >= 4 is 29.5 Å². The van der Waals surface area contributed by atoms with Crippen molar-refractivity contribution in [3.63, 3.8) is 0 Å². The summed E-state index contributed by atoms with van der Waals surface area (Å²) in [6.45, 7) is 3.05. The van der Waals surface area contributed by atoms with Crippen molar-refractivity contribution in [3.05, 3.63) is 0 Å². The summed E-state index contributed by atoms with van der Waals surface area (Å²) in [7, 11) is 1.57. The molecule has 0 aromatic carbocycles. The van der Waals surface area contributed by atoms with Crippen LogP contribution in [0.4, 0.5) is 0 Å². The van der Waals surface area contributed by atoms with Gasteiger partial charge in [0.25, 0.3) is 0 Å². The number of thioether (sulfide) groups is 1. The maximum atomic E-state index is 11.5. The number of amides is 3. The van der Waals surface area contributed by atoms with Gasteiger partial charge in [0, 0.05) is 33.2 Å². The minimum atomic E-state index is -0.0876. The molecule has 0 saturated carbocycles. The average Bonchev–Trinajstić information content (AvgIpc) is 2.38. The maximum Gasteiger partial charge on any atom is 0.234 e. The molecule has 1 saturated heterocycles. The van der Waals surface area contributed by atoms with E-state index in [1.54, 1.807) is 7.05 Å². The molecule has 1 fully saturated rings. The van der Waals surface area contributed by atoms with Crippen molar-refractivity contribution in [2.75, 3.05) is 51.3 Å². The lowest BCUT2D eigenvalue weighted by Crippen LogP contribution is -2.49. The molecule has 0 aromatic rings. The van der Waals surface area contributed by atoms with Crippen LogP contribution < -0.4 is 16.0 Å². The Labute approximate surface area is 116 Å². The highest BCUT2D eigenvalue weighted by Crippen LogP contribution is 1.98. The molecule has 108 valence electrons. The van der Waals surface area contributed by atoms with E-state index in [2.05, 4.69) is 16.0 Å². The van der Waals surface area contributed by atoms with Gasteiger partial charge < -0.3 is 16.0 Å². The molecule has 8 heteroatoms. The summed E-state index contributed by atoms with van der Waals surface area (Å²) in [6.07, 6.45) is 0. The summed E-state index contributed by atoms with van der Waals surface area (Å²) < 4.78 is 0. The quantitative estimate of drug-likeness (QED) is 0.505. The standard InChI is InChI=1S/C11H20N4O3S/c1-12-10(17)7-19-8-11(18)14-3-5-15-4-2-13-9(16)6-15/h2-8H2,1H3,(H,12,17)(H,13,16)(H,14,18). The van der Waals surface area contributed by atoms with Crippen LogP contribution in [0.25, 0.3) is 0 Å². The molecule has 0 bridgehead atoms. The zero-order valence-electron chi connectivity index (χ0n) is 11.0. The van der Waals surface area contributed by atoms with Gasteiger partial charge in [-0.15, -0.1) is 11.8 Å². The van der Waals surface area contributed by atoms with Crippen LogP contribution in [0.3, 0.4) is 0 Å². The minimum absolute atomic E-state index is 0.0266. The van der Waals surface area contributed by atoms with Crippen LogP contribution in [0.1, 0.15) is 0 Å². The zero-order valence-corrected chi connectivity index (χ0v) is 11.8. The number of rotatable bonds is 7. The number of nitrogens with zero attached hydrogens (tertiary/aromatic N) is 1. The number of carbonyl (C=O) groups is 3. The van der Waals surface area contributed by atoms with Gasteiger partial charge in [0.15, 0.2) is 0 Å². The number of nitrogens with one attached hydrogen (secondary N) is 3. The molecule has 3 amide bonds. The lowest BCUT2D eigenvalue weighted by atomic mass is 10.3. The van der Waals surface area contributed by atoms with Gasteiger partial charge in [-0.2, -0.15) is 0 Å². The van der Waals surface area contributed by atoms with Gasteiger partial charge in [0.05, 0.1) is 18.1 Å². The van der Waals surface area contributed by atoms with E-state index in [9.17, 15) is 14.4 Å². The van der Waals surface area contributed by atoms with Crippen LogP contribution in [0.15, 0.2) is 0 Å². The van der Waals surface area contributed by atoms with E-state index in [4.69, 9.17) is 0 Å². The smallest absolute Gasteiger partial charge is 0.234 e. The Morgan fingerprint density at radius 2 is 2.11 bits per heavy atom. The first-order chi connectivity index (χ1) is 9.11. The Balaban J connectivity index is 2.03. The molecule has 1 heterocycles. The Kier molecular flexibility index (Phi) is 7.27. The second-order valence-electron chi connectivity index (χ2n) is 4.14. The highest BCUT2D eigenvalue weighted by molar-refractivity contribution is 8.00. The van der Waals surface area contributed by atoms with Gasteiger partial charge in [-0.1, -0.05) is 0 Å². The molecule has 0 aromatic heterocycles. The summed E-state index contributed by atoms with van der Waals surface area (Å²) in [6, 6.07) is 0. The SMILES string of the molecule is CNC(=O)CSCC(=O)NCCN1CCNC(=O)C1. The molecule has 19 heavy (non-hydrogen) atoms. The second-order valence-corrected chi connectivity index (χ2v) is 5.13. The van der Waals surface area contributed by atoms with Crippen LogP contribution >= 0.6 is 11.8 Å². The van der Waals surface area contributed by atoms with Crippen LogP contribution in [-0.2, 0) is 14.4 Å². The fraction of sp³-hybridized carbons (Fsp3) is 0.727. The number of carbonyl (C=O) groups excluding carboxylic acids is 3. The summed E-state index contributed by atoms with van der Waals surface area (Å²) in [4.78, 5) is 35.5. The molecule has 7 nitrogen and oxygen atoms in total. The van der Waals surface area contributed by atoms with E-state index in [0.29, 0.717) is 26.2 Å². The third-order valence-electron chi connectivity index (χ3n) is 2.61. The summed E-state index contributed by atoms with van der Waals surface area (Å²) in [5, 5.41) is 8.01. The molecule has 1 rings (SSSR count). The summed E-state index contributed by atoms with van der Waals surface area (Å²) in [5.74, 6) is 0.413. The Morgan fingerprint density at radius 3 is 2.79 bits per heavy atom. The molecule has 0 radical (unpaired) electrons. The molecule has 0 unspecified atom stereocenters. The predicted octanol–water partition coefficient (Wildman–Crippen LogP) is -1.99. The molecule has 1 aliphatic rings. The third kappa shape index (κ3) is 7.02. The molecule has 3 N–H and O–H groups in total. The molecular formula is C11H20N4O3S. The zero-order chi connectivity index (χ0) is 14.1. The highest BCUT2D eigenvalue weighted by Gasteiger charge is 2.15. The van der Waals surface area contributed by atoms with E-state index < -0.39 is 0 Å². The molecule has 0 atom stereocenters. The van der Waals surface area contributed by atoms with Gasteiger partial charge in [-0.05, 0) is 0 Å². The first-order valence-electron chi connectivity index (χ1n) is 6.16. The van der Waals surface area contributed by atoms with Crippen molar-refractivity contribution in [3.8, 4) is 0 Å². The molecule has 0 aliphatic carbocycles. The predicted molar refractivity (Wildman–Crippen MR) is 73.9 cm³/mol. The molecular weight excluding hydrogens is 268 g/mol. The first-order valence-corrected chi connectivity index (χ1v) is 7.31. The Hall–Kier alpha value is -1.28. The van der Waals surface area contributed by atoms with Gasteiger partial charge in [0.2, 0.25) is 17.7 Å². The summed E-state index contributed by atoms with van der Waals surface area (Å²) in [5.41, 5.74) is 0. The largest absolute Gasteiger partial charge is 0.358 e. The minimum Gasteiger partial charge on any atom is -0.358 e. The van der Waals surface area contributed by atoms with Gasteiger partial charge in [-0.3, -0.25) is 19.3 Å². The lowest BCUT2D eigenvalue weighted by Gasteiger charge is -2.26. The van der Waals surface area contributed by atoms with Crippen molar-refractivity contribution in [1.29, 1.82) is 0 Å². The average molecular weight is 288 g/mol. The third-order valence-corrected chi connectivity index (χ3v) is 3.55. The second kappa shape index (κ2) is 8.76.